The molecule has 3 nitrogen and oxygen atoms in total. The Hall–Kier alpha value is -0.260. The van der Waals surface area contributed by atoms with E-state index in [0.717, 1.165) is 4.90 Å². The minimum absolute atomic E-state index is 0.257. The fraction of sp³-hybridized carbons (Fsp3) is 1.00. The van der Waals surface area contributed by atoms with Crippen LogP contribution in [0.2, 0.25) is 0 Å². The molecule has 0 unspecified atom stereocenters. The van der Waals surface area contributed by atoms with Crippen molar-refractivity contribution in [3.8, 4) is 0 Å². The molecule has 1 rings (SSSR count). The van der Waals surface area contributed by atoms with Gasteiger partial charge in [0, 0.05) is 26.2 Å². The van der Waals surface area contributed by atoms with Gasteiger partial charge in [-0.25, -0.2) is 4.90 Å². The van der Waals surface area contributed by atoms with Crippen molar-refractivity contribution in [1.29, 1.82) is 0 Å². The van der Waals surface area contributed by atoms with E-state index in [0.29, 0.717) is 13.1 Å². The normalized spacial score (nSPS) is 25.4. The van der Waals surface area contributed by atoms with Crippen molar-refractivity contribution in [2.45, 2.75) is 6.05 Å². The van der Waals surface area contributed by atoms with Crippen molar-refractivity contribution in [3.63, 3.8) is 0 Å². The second-order valence-electron chi connectivity index (χ2n) is 2.62. The average molecular weight is 165 g/mol. The molecule has 11 heavy (non-hydrogen) atoms. The van der Waals surface area contributed by atoms with Gasteiger partial charge in [0.05, 0.1) is 6.54 Å². The highest BCUT2D eigenvalue weighted by atomic mass is 19.3. The van der Waals surface area contributed by atoms with Gasteiger partial charge in [0.2, 0.25) is 0 Å². The second kappa shape index (κ2) is 3.42. The van der Waals surface area contributed by atoms with E-state index in [9.17, 15) is 8.78 Å². The van der Waals surface area contributed by atoms with E-state index in [1.165, 1.54) is 0 Å². The number of nitrogens with one attached hydrogen (secondary N) is 1. The third-order valence-corrected chi connectivity index (χ3v) is 1.76. The standard InChI is InChI=1S/C6H13F2N3/c7-6(8)5-10-2-4-11(6)3-1-9/h10H,1-5,9H2. The number of nitrogens with zero attached hydrogens (tertiary/aromatic N) is 1. The molecule has 0 aromatic heterocycles. The molecule has 0 aromatic rings. The monoisotopic (exact) mass is 165 g/mol. The number of rotatable bonds is 2. The molecule has 1 fully saturated rings. The zero-order valence-corrected chi connectivity index (χ0v) is 6.32. The molecular formula is C6H13F2N3. The molecule has 0 saturated carbocycles. The van der Waals surface area contributed by atoms with Crippen LogP contribution in [0.5, 0.6) is 0 Å². The maximum atomic E-state index is 12.9. The van der Waals surface area contributed by atoms with E-state index in [4.69, 9.17) is 5.73 Å². The molecule has 1 saturated heterocycles. The molecule has 0 atom stereocenters. The Kier molecular flexibility index (Phi) is 2.75. The summed E-state index contributed by atoms with van der Waals surface area (Å²) in [6, 6.07) is -2.71. The van der Waals surface area contributed by atoms with Crippen LogP contribution in [0.4, 0.5) is 8.78 Å². The minimum atomic E-state index is -2.71. The summed E-state index contributed by atoms with van der Waals surface area (Å²) in [5.41, 5.74) is 5.19. The molecule has 0 aromatic carbocycles. The lowest BCUT2D eigenvalue weighted by molar-refractivity contribution is -0.154. The second-order valence-corrected chi connectivity index (χ2v) is 2.62. The lowest BCUT2D eigenvalue weighted by atomic mass is 10.3. The quantitative estimate of drug-likeness (QED) is 0.539. The van der Waals surface area contributed by atoms with Gasteiger partial charge in [0.15, 0.2) is 0 Å². The number of alkyl halides is 2. The molecule has 0 aliphatic carbocycles. The molecule has 1 aliphatic heterocycles. The minimum Gasteiger partial charge on any atom is -0.329 e. The van der Waals surface area contributed by atoms with E-state index >= 15 is 0 Å². The Morgan fingerprint density at radius 1 is 1.55 bits per heavy atom. The van der Waals surface area contributed by atoms with Gasteiger partial charge in [-0.05, 0) is 0 Å². The van der Waals surface area contributed by atoms with E-state index in [2.05, 4.69) is 5.32 Å². The summed E-state index contributed by atoms with van der Waals surface area (Å²) in [5, 5.41) is 2.63. The molecule has 0 bridgehead atoms. The van der Waals surface area contributed by atoms with Crippen LogP contribution >= 0.6 is 0 Å². The lowest BCUT2D eigenvalue weighted by Crippen LogP contribution is -2.57. The van der Waals surface area contributed by atoms with Gasteiger partial charge in [-0.2, -0.15) is 8.78 Å². The first-order valence-corrected chi connectivity index (χ1v) is 3.70. The van der Waals surface area contributed by atoms with Crippen LogP contribution in [0.25, 0.3) is 0 Å². The Balaban J connectivity index is 2.45. The Bertz CT molecular complexity index is 127. The van der Waals surface area contributed by atoms with Gasteiger partial charge in [0.1, 0.15) is 0 Å². The van der Waals surface area contributed by atoms with Gasteiger partial charge >= 0.3 is 6.05 Å². The van der Waals surface area contributed by atoms with E-state index in [1.54, 1.807) is 0 Å². The molecule has 0 spiro atoms. The largest absolute Gasteiger partial charge is 0.329 e. The maximum Gasteiger partial charge on any atom is 0.317 e. The van der Waals surface area contributed by atoms with Crippen molar-refractivity contribution < 1.29 is 8.78 Å². The molecule has 0 amide bonds. The molecule has 5 heteroatoms. The van der Waals surface area contributed by atoms with Crippen molar-refractivity contribution in [1.82, 2.24) is 10.2 Å². The van der Waals surface area contributed by atoms with Crippen molar-refractivity contribution in [2.75, 3.05) is 32.7 Å². The smallest absolute Gasteiger partial charge is 0.317 e. The topological polar surface area (TPSA) is 41.3 Å². The fourth-order valence-electron chi connectivity index (χ4n) is 1.16. The van der Waals surface area contributed by atoms with Crippen LogP contribution in [0.3, 0.4) is 0 Å². The predicted molar refractivity (Wildman–Crippen MR) is 38.4 cm³/mol. The first-order chi connectivity index (χ1) is 5.17. The first kappa shape index (κ1) is 8.83. The van der Waals surface area contributed by atoms with Crippen LogP contribution < -0.4 is 11.1 Å². The maximum absolute atomic E-state index is 12.9. The third-order valence-electron chi connectivity index (χ3n) is 1.76. The number of nitrogens with two attached hydrogens (primary N) is 1. The number of hydrogen-bond donors (Lipinski definition) is 2. The van der Waals surface area contributed by atoms with Crippen LogP contribution in [-0.4, -0.2) is 43.7 Å². The zero-order chi connectivity index (χ0) is 8.32. The summed E-state index contributed by atoms with van der Waals surface area (Å²) >= 11 is 0. The highest BCUT2D eigenvalue weighted by Gasteiger charge is 2.38. The summed E-state index contributed by atoms with van der Waals surface area (Å²) in [5.74, 6) is 0. The molecule has 1 aliphatic rings. The summed E-state index contributed by atoms with van der Waals surface area (Å²) < 4.78 is 25.7. The highest BCUT2D eigenvalue weighted by molar-refractivity contribution is 4.78. The van der Waals surface area contributed by atoms with E-state index in [1.807, 2.05) is 0 Å². The molecule has 66 valence electrons. The molecular weight excluding hydrogens is 152 g/mol. The SMILES string of the molecule is NCCN1CCNCC1(F)F. The molecule has 1 heterocycles. The summed E-state index contributed by atoms with van der Waals surface area (Å²) in [7, 11) is 0. The summed E-state index contributed by atoms with van der Waals surface area (Å²) in [6.45, 7) is 1.30. The Morgan fingerprint density at radius 3 is 2.82 bits per heavy atom. The van der Waals surface area contributed by atoms with Crippen LogP contribution in [0.1, 0.15) is 0 Å². The van der Waals surface area contributed by atoms with Gasteiger partial charge in [-0.3, -0.25) is 0 Å². The number of halogens is 2. The summed E-state index contributed by atoms with van der Waals surface area (Å²) in [4.78, 5) is 1.11. The Labute approximate surface area is 64.5 Å². The molecule has 0 radical (unpaired) electrons. The van der Waals surface area contributed by atoms with Crippen LogP contribution in [0.15, 0.2) is 0 Å². The Morgan fingerprint density at radius 2 is 2.27 bits per heavy atom. The van der Waals surface area contributed by atoms with Crippen molar-refractivity contribution >= 4 is 0 Å². The summed E-state index contributed by atoms with van der Waals surface area (Å²) in [6.07, 6.45) is 0. The highest BCUT2D eigenvalue weighted by Crippen LogP contribution is 2.19. The van der Waals surface area contributed by atoms with Crippen molar-refractivity contribution in [2.24, 2.45) is 5.73 Å². The number of hydrogen-bond acceptors (Lipinski definition) is 3. The first-order valence-electron chi connectivity index (χ1n) is 3.70. The van der Waals surface area contributed by atoms with Gasteiger partial charge in [0.25, 0.3) is 0 Å². The van der Waals surface area contributed by atoms with Gasteiger partial charge < -0.3 is 11.1 Å². The van der Waals surface area contributed by atoms with Crippen molar-refractivity contribution in [3.05, 3.63) is 0 Å². The van der Waals surface area contributed by atoms with E-state index < -0.39 is 6.05 Å². The zero-order valence-electron chi connectivity index (χ0n) is 6.32. The van der Waals surface area contributed by atoms with Gasteiger partial charge in [-0.15, -0.1) is 0 Å². The predicted octanol–water partition coefficient (Wildman–Crippen LogP) is -0.557. The van der Waals surface area contributed by atoms with E-state index in [-0.39, 0.29) is 19.6 Å². The number of piperazine rings is 1. The van der Waals surface area contributed by atoms with Gasteiger partial charge in [-0.1, -0.05) is 0 Å². The lowest BCUT2D eigenvalue weighted by Gasteiger charge is -2.35. The fourth-order valence-corrected chi connectivity index (χ4v) is 1.16. The van der Waals surface area contributed by atoms with Crippen LogP contribution in [0, 0.1) is 0 Å². The third kappa shape index (κ3) is 2.08. The van der Waals surface area contributed by atoms with Crippen LogP contribution in [-0.2, 0) is 0 Å². The molecule has 3 N–H and O–H groups in total. The average Bonchev–Trinajstić information content (AvgIpc) is 1.94.